The van der Waals surface area contributed by atoms with E-state index in [-0.39, 0.29) is 5.69 Å². The molecule has 1 aliphatic carbocycles. The molecule has 0 bridgehead atoms. The molecule has 0 atom stereocenters. The fourth-order valence-electron chi connectivity index (χ4n) is 2.47. The Labute approximate surface area is 152 Å². The molecule has 2 fully saturated rings. The molecular weight excluding hydrogens is 367 g/mol. The van der Waals surface area contributed by atoms with E-state index in [0.29, 0.717) is 10.8 Å². The van der Waals surface area contributed by atoms with Gasteiger partial charge in [-0.05, 0) is 60.8 Å². The van der Waals surface area contributed by atoms with Crippen LogP contribution in [0.5, 0.6) is 0 Å². The topological polar surface area (TPSA) is 64.1 Å². The number of nitrogens with one attached hydrogen (secondary N) is 1. The Morgan fingerprint density at radius 2 is 2.00 bits per heavy atom. The highest BCUT2D eigenvalue weighted by Crippen LogP contribution is 2.42. The van der Waals surface area contributed by atoms with Crippen LogP contribution in [0.15, 0.2) is 24.5 Å². The fraction of sp³-hybridized carbons (Fsp3) is 0.471. The molecule has 140 valence electrons. The summed E-state index contributed by atoms with van der Waals surface area (Å²) in [5.74, 6) is -0.0774. The Morgan fingerprint density at radius 1 is 1.27 bits per heavy atom. The number of rotatable bonds is 3. The summed E-state index contributed by atoms with van der Waals surface area (Å²) in [6.07, 6.45) is 2.74. The van der Waals surface area contributed by atoms with Crippen molar-refractivity contribution in [3.63, 3.8) is 0 Å². The van der Waals surface area contributed by atoms with Gasteiger partial charge >= 0.3 is 6.18 Å². The first-order valence-electron chi connectivity index (χ1n) is 8.32. The summed E-state index contributed by atoms with van der Waals surface area (Å²) in [6.45, 7) is 2.00. The monoisotopic (exact) mass is 385 g/mol. The lowest BCUT2D eigenvalue weighted by Crippen LogP contribution is -2.14. The van der Waals surface area contributed by atoms with E-state index in [1.807, 2.05) is 0 Å². The van der Waals surface area contributed by atoms with Crippen LogP contribution in [0.2, 0.25) is 0 Å². The SMILES string of the molecule is C1CCOC1.O=C(Nc1ccnc(C(F)(F)F)c1)c1sncc1C1CC1. The number of alkyl halides is 3. The molecule has 1 aliphatic heterocycles. The number of amides is 1. The standard InChI is InChI=1S/C13H10F3N3OS.C4H8O/c14-13(15,16)10-5-8(3-4-17-10)19-12(20)11-9(6-18-21-11)7-1-2-7;1-2-4-5-3-1/h3-7H,1-2H2,(H,17,19,20);1-4H2. The predicted octanol–water partition coefficient (Wildman–Crippen LogP) is 4.48. The van der Waals surface area contributed by atoms with E-state index in [1.165, 1.54) is 18.9 Å². The van der Waals surface area contributed by atoms with E-state index >= 15 is 0 Å². The van der Waals surface area contributed by atoms with Gasteiger partial charge in [0.25, 0.3) is 5.91 Å². The minimum atomic E-state index is -4.54. The third-order valence-electron chi connectivity index (χ3n) is 3.96. The quantitative estimate of drug-likeness (QED) is 0.846. The van der Waals surface area contributed by atoms with Crippen LogP contribution in [-0.2, 0) is 10.9 Å². The molecule has 2 aromatic rings. The van der Waals surface area contributed by atoms with E-state index in [1.54, 1.807) is 6.20 Å². The van der Waals surface area contributed by atoms with Crippen molar-refractivity contribution in [2.45, 2.75) is 37.8 Å². The van der Waals surface area contributed by atoms with Gasteiger partial charge < -0.3 is 10.1 Å². The van der Waals surface area contributed by atoms with Gasteiger partial charge in [0.1, 0.15) is 10.6 Å². The molecule has 1 saturated carbocycles. The molecule has 1 saturated heterocycles. The van der Waals surface area contributed by atoms with Crippen molar-refractivity contribution in [1.82, 2.24) is 9.36 Å². The minimum Gasteiger partial charge on any atom is -0.381 e. The molecule has 0 spiro atoms. The molecule has 4 rings (SSSR count). The van der Waals surface area contributed by atoms with Crippen LogP contribution in [0, 0.1) is 0 Å². The molecule has 0 unspecified atom stereocenters. The third-order valence-corrected chi connectivity index (χ3v) is 4.77. The normalized spacial score (nSPS) is 16.7. The van der Waals surface area contributed by atoms with Crippen LogP contribution < -0.4 is 5.32 Å². The number of pyridine rings is 1. The van der Waals surface area contributed by atoms with Crippen LogP contribution in [0.4, 0.5) is 18.9 Å². The van der Waals surface area contributed by atoms with Crippen LogP contribution >= 0.6 is 11.5 Å². The molecule has 0 aromatic carbocycles. The molecule has 1 amide bonds. The Kier molecular flexibility index (Phi) is 5.87. The summed E-state index contributed by atoms with van der Waals surface area (Å²) in [5.41, 5.74) is -0.0907. The van der Waals surface area contributed by atoms with E-state index in [2.05, 4.69) is 14.7 Å². The number of hydrogen-bond acceptors (Lipinski definition) is 5. The number of ether oxygens (including phenoxy) is 1. The zero-order valence-corrected chi connectivity index (χ0v) is 14.7. The molecule has 2 aromatic heterocycles. The number of hydrogen-bond donors (Lipinski definition) is 1. The van der Waals surface area contributed by atoms with Crippen molar-refractivity contribution in [2.75, 3.05) is 18.5 Å². The lowest BCUT2D eigenvalue weighted by molar-refractivity contribution is -0.141. The number of carbonyl (C=O) groups is 1. The Hall–Kier alpha value is -2.00. The third kappa shape index (κ3) is 5.01. The number of aromatic nitrogens is 2. The first-order valence-corrected chi connectivity index (χ1v) is 9.09. The van der Waals surface area contributed by atoms with Gasteiger partial charge in [0, 0.05) is 31.3 Å². The summed E-state index contributed by atoms with van der Waals surface area (Å²) in [5, 5.41) is 2.47. The highest BCUT2D eigenvalue weighted by atomic mass is 32.1. The van der Waals surface area contributed by atoms with Crippen molar-refractivity contribution in [3.05, 3.63) is 40.7 Å². The van der Waals surface area contributed by atoms with Gasteiger partial charge in [-0.3, -0.25) is 9.78 Å². The van der Waals surface area contributed by atoms with Crippen molar-refractivity contribution in [1.29, 1.82) is 0 Å². The van der Waals surface area contributed by atoms with Gasteiger partial charge in [0.05, 0.1) is 0 Å². The van der Waals surface area contributed by atoms with Gasteiger partial charge in [0.15, 0.2) is 0 Å². The maximum absolute atomic E-state index is 12.6. The predicted molar refractivity (Wildman–Crippen MR) is 91.3 cm³/mol. The Balaban J connectivity index is 0.000000339. The largest absolute Gasteiger partial charge is 0.433 e. The molecule has 5 nitrogen and oxygen atoms in total. The van der Waals surface area contributed by atoms with Crippen LogP contribution in [0.25, 0.3) is 0 Å². The molecule has 26 heavy (non-hydrogen) atoms. The number of carbonyl (C=O) groups excluding carboxylic acids is 1. The van der Waals surface area contributed by atoms with Gasteiger partial charge in [-0.15, -0.1) is 0 Å². The average molecular weight is 385 g/mol. The zero-order chi connectivity index (χ0) is 18.6. The first kappa shape index (κ1) is 18.8. The van der Waals surface area contributed by atoms with Crippen LogP contribution in [0.1, 0.15) is 52.5 Å². The first-order chi connectivity index (χ1) is 12.4. The molecule has 2 aliphatic rings. The molecule has 9 heteroatoms. The van der Waals surface area contributed by atoms with E-state index in [0.717, 1.165) is 55.4 Å². The van der Waals surface area contributed by atoms with Crippen molar-refractivity contribution in [3.8, 4) is 0 Å². The second-order valence-corrected chi connectivity index (χ2v) is 6.89. The van der Waals surface area contributed by atoms with Crippen molar-refractivity contribution in [2.24, 2.45) is 0 Å². The molecular formula is C17H18F3N3O2S. The summed E-state index contributed by atoms with van der Waals surface area (Å²) in [4.78, 5) is 15.9. The molecule has 3 heterocycles. The highest BCUT2D eigenvalue weighted by Gasteiger charge is 2.33. The fourth-order valence-corrected chi connectivity index (χ4v) is 3.20. The second kappa shape index (κ2) is 8.13. The maximum atomic E-state index is 12.6. The van der Waals surface area contributed by atoms with Crippen LogP contribution in [0.3, 0.4) is 0 Å². The number of nitrogens with zero attached hydrogens (tertiary/aromatic N) is 2. The highest BCUT2D eigenvalue weighted by molar-refractivity contribution is 7.08. The van der Waals surface area contributed by atoms with Crippen molar-refractivity contribution < 1.29 is 22.7 Å². The van der Waals surface area contributed by atoms with Gasteiger partial charge in [-0.2, -0.15) is 13.2 Å². The summed E-state index contributed by atoms with van der Waals surface area (Å²) in [7, 11) is 0. The van der Waals surface area contributed by atoms with Crippen LogP contribution in [-0.4, -0.2) is 28.5 Å². The lowest BCUT2D eigenvalue weighted by Gasteiger charge is -2.08. The summed E-state index contributed by atoms with van der Waals surface area (Å²) >= 11 is 1.06. The summed E-state index contributed by atoms with van der Waals surface area (Å²) < 4.78 is 46.7. The maximum Gasteiger partial charge on any atom is 0.433 e. The minimum absolute atomic E-state index is 0.0671. The molecule has 1 N–H and O–H groups in total. The number of anilines is 1. The van der Waals surface area contributed by atoms with Gasteiger partial charge in [0.2, 0.25) is 0 Å². The average Bonchev–Trinajstić information content (AvgIpc) is 3.09. The number of halogens is 3. The summed E-state index contributed by atoms with van der Waals surface area (Å²) in [6, 6.07) is 2.14. The van der Waals surface area contributed by atoms with E-state index < -0.39 is 17.8 Å². The van der Waals surface area contributed by atoms with E-state index in [4.69, 9.17) is 4.74 Å². The lowest BCUT2D eigenvalue weighted by atomic mass is 10.2. The van der Waals surface area contributed by atoms with Gasteiger partial charge in [-0.1, -0.05) is 0 Å². The second-order valence-electron chi connectivity index (χ2n) is 6.09. The smallest absolute Gasteiger partial charge is 0.381 e. The Morgan fingerprint density at radius 3 is 2.58 bits per heavy atom. The van der Waals surface area contributed by atoms with Gasteiger partial charge in [-0.25, -0.2) is 4.37 Å². The van der Waals surface area contributed by atoms with E-state index in [9.17, 15) is 18.0 Å². The molecule has 0 radical (unpaired) electrons. The Bertz CT molecular complexity index is 748. The van der Waals surface area contributed by atoms with Crippen molar-refractivity contribution >= 4 is 23.1 Å². The zero-order valence-electron chi connectivity index (χ0n) is 13.9.